The number of benzene rings is 1. The topological polar surface area (TPSA) is 0 Å². The van der Waals surface area contributed by atoms with Crippen LogP contribution in [0.2, 0.25) is 0 Å². The summed E-state index contributed by atoms with van der Waals surface area (Å²) in [5.41, 5.74) is 4.79. The van der Waals surface area contributed by atoms with Crippen LogP contribution in [0, 0.1) is 0 Å². The molecule has 0 aliphatic rings. The Kier molecular flexibility index (Phi) is 4.11. The quantitative estimate of drug-likeness (QED) is 0.622. The summed E-state index contributed by atoms with van der Waals surface area (Å²) in [6.45, 7) is 10.4. The van der Waals surface area contributed by atoms with Gasteiger partial charge in [0.1, 0.15) is 0 Å². The van der Waals surface area contributed by atoms with Crippen molar-refractivity contribution in [1.29, 1.82) is 0 Å². The van der Waals surface area contributed by atoms with E-state index < -0.39 is 0 Å². The van der Waals surface area contributed by atoms with Gasteiger partial charge in [-0.15, -0.1) is 0 Å². The molecule has 0 nitrogen and oxygen atoms in total. The summed E-state index contributed by atoms with van der Waals surface area (Å²) < 4.78 is 0. The molecule has 0 aliphatic heterocycles. The SMILES string of the molecule is C=C(/C(C)=C/C=C(C)C)c1ccccc1. The predicted molar refractivity (Wildman–Crippen MR) is 68.7 cm³/mol. The van der Waals surface area contributed by atoms with Crippen LogP contribution in [0.4, 0.5) is 0 Å². The Hall–Kier alpha value is -1.56. The first-order valence-electron chi connectivity index (χ1n) is 5.17. The van der Waals surface area contributed by atoms with Crippen molar-refractivity contribution < 1.29 is 0 Å². The third kappa shape index (κ3) is 3.59. The van der Waals surface area contributed by atoms with Gasteiger partial charge < -0.3 is 0 Å². The Labute approximate surface area is 92.6 Å². The first kappa shape index (κ1) is 11.5. The molecule has 0 amide bonds. The summed E-state index contributed by atoms with van der Waals surface area (Å²) in [5.74, 6) is 0. The lowest BCUT2D eigenvalue weighted by Crippen LogP contribution is -1.83. The van der Waals surface area contributed by atoms with Crippen LogP contribution >= 0.6 is 0 Å². The summed E-state index contributed by atoms with van der Waals surface area (Å²) in [6.07, 6.45) is 4.23. The maximum Gasteiger partial charge on any atom is -0.0187 e. The molecule has 0 atom stereocenters. The standard InChI is InChI=1S/C15H18/c1-12(2)10-11-13(3)14(4)15-8-6-5-7-9-15/h5-11H,4H2,1-3H3/b13-11+. The van der Waals surface area contributed by atoms with Crippen LogP contribution in [0.3, 0.4) is 0 Å². The maximum absolute atomic E-state index is 4.11. The highest BCUT2D eigenvalue weighted by molar-refractivity contribution is 5.76. The molecule has 0 radical (unpaired) electrons. The molecule has 15 heavy (non-hydrogen) atoms. The van der Waals surface area contributed by atoms with Crippen LogP contribution in [0.25, 0.3) is 5.57 Å². The molecule has 0 N–H and O–H groups in total. The number of rotatable bonds is 3. The molecule has 0 aromatic heterocycles. The fourth-order valence-corrected chi connectivity index (χ4v) is 1.26. The average molecular weight is 198 g/mol. The van der Waals surface area contributed by atoms with E-state index in [1.165, 1.54) is 16.7 Å². The van der Waals surface area contributed by atoms with E-state index in [9.17, 15) is 0 Å². The average Bonchev–Trinajstić information content (AvgIpc) is 2.26. The highest BCUT2D eigenvalue weighted by atomic mass is 14.0. The molecule has 0 saturated carbocycles. The molecule has 0 spiro atoms. The molecule has 0 heteroatoms. The van der Waals surface area contributed by atoms with E-state index in [2.05, 4.69) is 51.6 Å². The molecule has 0 unspecified atom stereocenters. The second-order valence-corrected chi connectivity index (χ2v) is 3.94. The van der Waals surface area contributed by atoms with Crippen LogP contribution in [-0.2, 0) is 0 Å². The van der Waals surface area contributed by atoms with Gasteiger partial charge in [0, 0.05) is 0 Å². The molecule has 0 fully saturated rings. The summed E-state index contributed by atoms with van der Waals surface area (Å²) in [6, 6.07) is 10.3. The Morgan fingerprint density at radius 3 is 2.13 bits per heavy atom. The minimum atomic E-state index is 1.09. The molecule has 1 aromatic carbocycles. The fraction of sp³-hybridized carbons (Fsp3) is 0.200. The predicted octanol–water partition coefficient (Wildman–Crippen LogP) is 4.61. The van der Waals surface area contributed by atoms with E-state index in [0.29, 0.717) is 0 Å². The molecule has 0 heterocycles. The van der Waals surface area contributed by atoms with E-state index >= 15 is 0 Å². The van der Waals surface area contributed by atoms with Crippen LogP contribution in [0.5, 0.6) is 0 Å². The van der Waals surface area contributed by atoms with Crippen molar-refractivity contribution in [3.05, 3.63) is 65.8 Å². The van der Waals surface area contributed by atoms with Crippen molar-refractivity contribution in [3.63, 3.8) is 0 Å². The molecule has 0 saturated heterocycles. The highest BCUT2D eigenvalue weighted by Gasteiger charge is 1.98. The van der Waals surface area contributed by atoms with Crippen molar-refractivity contribution >= 4 is 5.57 Å². The van der Waals surface area contributed by atoms with E-state index in [-0.39, 0.29) is 0 Å². The molecule has 0 aliphatic carbocycles. The maximum atomic E-state index is 4.11. The van der Waals surface area contributed by atoms with Gasteiger partial charge in [-0.1, -0.05) is 54.6 Å². The molecule has 78 valence electrons. The van der Waals surface area contributed by atoms with Crippen molar-refractivity contribution in [3.8, 4) is 0 Å². The van der Waals surface area contributed by atoms with Crippen molar-refractivity contribution in [1.82, 2.24) is 0 Å². The van der Waals surface area contributed by atoms with Crippen molar-refractivity contribution in [2.75, 3.05) is 0 Å². The van der Waals surface area contributed by atoms with E-state index in [0.717, 1.165) is 5.57 Å². The minimum absolute atomic E-state index is 1.09. The zero-order chi connectivity index (χ0) is 11.3. The first-order chi connectivity index (χ1) is 7.11. The smallest absolute Gasteiger partial charge is 0.0187 e. The lowest BCUT2D eigenvalue weighted by molar-refractivity contribution is 1.38. The molecular weight excluding hydrogens is 180 g/mol. The summed E-state index contributed by atoms with van der Waals surface area (Å²) in [4.78, 5) is 0. The van der Waals surface area contributed by atoms with Crippen LogP contribution < -0.4 is 0 Å². The zero-order valence-corrected chi connectivity index (χ0v) is 9.75. The van der Waals surface area contributed by atoms with Crippen molar-refractivity contribution in [2.45, 2.75) is 20.8 Å². The third-order valence-corrected chi connectivity index (χ3v) is 2.26. The van der Waals surface area contributed by atoms with Gasteiger partial charge in [0.2, 0.25) is 0 Å². The Bertz CT molecular complexity index is 387. The van der Waals surface area contributed by atoms with Gasteiger partial charge in [-0.05, 0) is 37.5 Å². The summed E-state index contributed by atoms with van der Waals surface area (Å²) in [7, 11) is 0. The lowest BCUT2D eigenvalue weighted by Gasteiger charge is -2.05. The second kappa shape index (κ2) is 5.35. The normalized spacial score (nSPS) is 11.0. The van der Waals surface area contributed by atoms with E-state index in [4.69, 9.17) is 0 Å². The number of allylic oxidation sites excluding steroid dienone is 5. The number of hydrogen-bond donors (Lipinski definition) is 0. The fourth-order valence-electron chi connectivity index (χ4n) is 1.26. The zero-order valence-electron chi connectivity index (χ0n) is 9.75. The molecule has 0 bridgehead atoms. The largest absolute Gasteiger partial charge is 0.0909 e. The molecule has 1 rings (SSSR count). The monoisotopic (exact) mass is 198 g/mol. The highest BCUT2D eigenvalue weighted by Crippen LogP contribution is 2.20. The number of hydrogen-bond acceptors (Lipinski definition) is 0. The van der Waals surface area contributed by atoms with Gasteiger partial charge in [0.15, 0.2) is 0 Å². The van der Waals surface area contributed by atoms with Gasteiger partial charge in [-0.2, -0.15) is 0 Å². The van der Waals surface area contributed by atoms with Crippen molar-refractivity contribution in [2.24, 2.45) is 0 Å². The van der Waals surface area contributed by atoms with Gasteiger partial charge in [-0.3, -0.25) is 0 Å². The van der Waals surface area contributed by atoms with Gasteiger partial charge >= 0.3 is 0 Å². The van der Waals surface area contributed by atoms with Gasteiger partial charge in [0.25, 0.3) is 0 Å². The van der Waals surface area contributed by atoms with E-state index in [1.54, 1.807) is 0 Å². The first-order valence-corrected chi connectivity index (χ1v) is 5.17. The summed E-state index contributed by atoms with van der Waals surface area (Å²) in [5, 5.41) is 0. The van der Waals surface area contributed by atoms with Crippen LogP contribution in [0.1, 0.15) is 26.3 Å². The molecular formula is C15H18. The summed E-state index contributed by atoms with van der Waals surface area (Å²) >= 11 is 0. The minimum Gasteiger partial charge on any atom is -0.0909 e. The Morgan fingerprint density at radius 2 is 1.60 bits per heavy atom. The molecule has 1 aromatic rings. The Balaban J connectivity index is 2.87. The van der Waals surface area contributed by atoms with E-state index in [1.807, 2.05) is 18.2 Å². The lowest BCUT2D eigenvalue weighted by atomic mass is 10.0. The van der Waals surface area contributed by atoms with Crippen LogP contribution in [-0.4, -0.2) is 0 Å². The van der Waals surface area contributed by atoms with Gasteiger partial charge in [-0.25, -0.2) is 0 Å². The van der Waals surface area contributed by atoms with Crippen LogP contribution in [0.15, 0.2) is 60.2 Å². The van der Waals surface area contributed by atoms with Gasteiger partial charge in [0.05, 0.1) is 0 Å². The second-order valence-electron chi connectivity index (χ2n) is 3.94. The third-order valence-electron chi connectivity index (χ3n) is 2.26. The Morgan fingerprint density at radius 1 is 1.00 bits per heavy atom.